The number of benzene rings is 1. The number of ether oxygens (including phenoxy) is 1. The van der Waals surface area contributed by atoms with Crippen LogP contribution in [0, 0.1) is 11.2 Å². The number of halogens is 1. The van der Waals surface area contributed by atoms with Gasteiger partial charge in [0.05, 0.1) is 18.5 Å². The maximum Gasteiger partial charge on any atom is 0.227 e. The van der Waals surface area contributed by atoms with Gasteiger partial charge in [-0.15, -0.1) is 0 Å². The Bertz CT molecular complexity index is 590. The van der Waals surface area contributed by atoms with Gasteiger partial charge in [0.1, 0.15) is 17.7 Å². The average Bonchev–Trinajstić information content (AvgIpc) is 2.56. The van der Waals surface area contributed by atoms with Crippen molar-refractivity contribution in [2.45, 2.75) is 33.8 Å². The zero-order valence-corrected chi connectivity index (χ0v) is 15.6. The highest BCUT2D eigenvalue weighted by Crippen LogP contribution is 2.15. The fraction of sp³-hybridized carbons (Fsp3) is 0.556. The summed E-state index contributed by atoms with van der Waals surface area (Å²) >= 11 is 0. The normalized spacial score (nSPS) is 13.1. The van der Waals surface area contributed by atoms with Gasteiger partial charge >= 0.3 is 0 Å². The van der Waals surface area contributed by atoms with Gasteiger partial charge in [-0.3, -0.25) is 9.79 Å². The van der Waals surface area contributed by atoms with Crippen LogP contribution < -0.4 is 20.7 Å². The molecule has 0 radical (unpaired) electrons. The predicted molar refractivity (Wildman–Crippen MR) is 98.3 cm³/mol. The standard InChI is InChI=1S/C18H29FN4O2/c1-6-21-17(23-12-18(3,4)16(24)20-5)22-11-13(2)25-15-9-7-8-14(19)10-15/h7-10,13H,6,11-12H2,1-5H3,(H,20,24)(H2,21,22,23). The highest BCUT2D eigenvalue weighted by Gasteiger charge is 2.26. The van der Waals surface area contributed by atoms with Gasteiger partial charge in [-0.1, -0.05) is 6.07 Å². The number of carbonyl (C=O) groups excluding carboxylic acids is 1. The molecule has 1 amide bonds. The number of rotatable bonds is 8. The summed E-state index contributed by atoms with van der Waals surface area (Å²) in [5.41, 5.74) is -0.596. The van der Waals surface area contributed by atoms with Crippen molar-refractivity contribution in [2.24, 2.45) is 10.4 Å². The lowest BCUT2D eigenvalue weighted by atomic mass is 9.93. The number of nitrogens with one attached hydrogen (secondary N) is 3. The van der Waals surface area contributed by atoms with E-state index in [1.165, 1.54) is 12.1 Å². The quantitative estimate of drug-likeness (QED) is 0.494. The molecule has 1 atom stereocenters. The van der Waals surface area contributed by atoms with Crippen LogP contribution in [-0.4, -0.2) is 44.7 Å². The Morgan fingerprint density at radius 1 is 1.36 bits per heavy atom. The van der Waals surface area contributed by atoms with Crippen LogP contribution in [-0.2, 0) is 4.79 Å². The van der Waals surface area contributed by atoms with Crippen molar-refractivity contribution in [1.29, 1.82) is 0 Å². The maximum absolute atomic E-state index is 13.2. The topological polar surface area (TPSA) is 74.8 Å². The number of guanidine groups is 1. The lowest BCUT2D eigenvalue weighted by molar-refractivity contribution is -0.128. The van der Waals surface area contributed by atoms with Crippen molar-refractivity contribution in [3.05, 3.63) is 30.1 Å². The van der Waals surface area contributed by atoms with Crippen LogP contribution in [0.3, 0.4) is 0 Å². The number of hydrogen-bond acceptors (Lipinski definition) is 3. The van der Waals surface area contributed by atoms with Crippen LogP contribution in [0.25, 0.3) is 0 Å². The second-order valence-electron chi connectivity index (χ2n) is 6.42. The fourth-order valence-electron chi connectivity index (χ4n) is 2.08. The lowest BCUT2D eigenvalue weighted by Crippen LogP contribution is -2.43. The lowest BCUT2D eigenvalue weighted by Gasteiger charge is -2.22. The highest BCUT2D eigenvalue weighted by atomic mass is 19.1. The Morgan fingerprint density at radius 3 is 2.68 bits per heavy atom. The second kappa shape index (κ2) is 9.86. The van der Waals surface area contributed by atoms with E-state index in [1.54, 1.807) is 19.2 Å². The Balaban J connectivity index is 2.59. The zero-order chi connectivity index (χ0) is 18.9. The Hall–Kier alpha value is -2.31. The first-order valence-electron chi connectivity index (χ1n) is 8.45. The van der Waals surface area contributed by atoms with Crippen molar-refractivity contribution in [2.75, 3.05) is 26.7 Å². The summed E-state index contributed by atoms with van der Waals surface area (Å²) in [6, 6.07) is 6.05. The molecular formula is C18H29FN4O2. The van der Waals surface area contributed by atoms with E-state index in [4.69, 9.17) is 4.74 Å². The Kier molecular flexibility index (Phi) is 8.18. The SMILES string of the molecule is CCNC(=NCC(C)(C)C(=O)NC)NCC(C)Oc1cccc(F)c1. The maximum atomic E-state index is 13.2. The Labute approximate surface area is 149 Å². The van der Waals surface area contributed by atoms with Gasteiger partial charge in [0, 0.05) is 19.7 Å². The molecule has 0 aliphatic rings. The molecule has 0 aliphatic carbocycles. The van der Waals surface area contributed by atoms with E-state index in [2.05, 4.69) is 20.9 Å². The molecule has 1 unspecified atom stereocenters. The number of carbonyl (C=O) groups is 1. The summed E-state index contributed by atoms with van der Waals surface area (Å²) < 4.78 is 18.9. The van der Waals surface area contributed by atoms with Crippen LogP contribution >= 0.6 is 0 Å². The third-order valence-corrected chi connectivity index (χ3v) is 3.51. The summed E-state index contributed by atoms with van der Waals surface area (Å²) in [4.78, 5) is 16.3. The van der Waals surface area contributed by atoms with E-state index in [-0.39, 0.29) is 17.8 Å². The van der Waals surface area contributed by atoms with Crippen LogP contribution in [0.1, 0.15) is 27.7 Å². The minimum Gasteiger partial charge on any atom is -0.489 e. The number of aliphatic imine (C=N–C) groups is 1. The number of amides is 1. The van der Waals surface area contributed by atoms with E-state index in [0.29, 0.717) is 31.3 Å². The van der Waals surface area contributed by atoms with Crippen LogP contribution in [0.5, 0.6) is 5.75 Å². The molecule has 0 fully saturated rings. The molecule has 0 heterocycles. The number of nitrogens with zero attached hydrogens (tertiary/aromatic N) is 1. The molecule has 140 valence electrons. The first-order chi connectivity index (χ1) is 11.8. The van der Waals surface area contributed by atoms with Crippen LogP contribution in [0.4, 0.5) is 4.39 Å². The molecule has 7 heteroatoms. The first kappa shape index (κ1) is 20.7. The van der Waals surface area contributed by atoms with Gasteiger partial charge in [0.2, 0.25) is 5.91 Å². The van der Waals surface area contributed by atoms with Gasteiger partial charge in [-0.25, -0.2) is 4.39 Å². The van der Waals surface area contributed by atoms with Crippen molar-refractivity contribution in [3.63, 3.8) is 0 Å². The first-order valence-corrected chi connectivity index (χ1v) is 8.45. The highest BCUT2D eigenvalue weighted by molar-refractivity contribution is 5.83. The molecule has 0 saturated heterocycles. The number of hydrogen-bond donors (Lipinski definition) is 3. The predicted octanol–water partition coefficient (Wildman–Crippen LogP) is 1.92. The van der Waals surface area contributed by atoms with Gasteiger partial charge in [-0.2, -0.15) is 0 Å². The summed E-state index contributed by atoms with van der Waals surface area (Å²) in [6.45, 7) is 9.07. The van der Waals surface area contributed by atoms with Crippen LogP contribution in [0.15, 0.2) is 29.3 Å². The molecular weight excluding hydrogens is 323 g/mol. The molecule has 1 aromatic rings. The minimum absolute atomic E-state index is 0.0603. The summed E-state index contributed by atoms with van der Waals surface area (Å²) in [5.74, 6) is 0.699. The molecule has 0 aromatic heterocycles. The van der Waals surface area contributed by atoms with Gasteiger partial charge < -0.3 is 20.7 Å². The van der Waals surface area contributed by atoms with E-state index in [0.717, 1.165) is 0 Å². The summed E-state index contributed by atoms with van der Waals surface area (Å²) in [7, 11) is 1.61. The Morgan fingerprint density at radius 2 is 2.08 bits per heavy atom. The molecule has 3 N–H and O–H groups in total. The van der Waals surface area contributed by atoms with Gasteiger partial charge in [0.25, 0.3) is 0 Å². The molecule has 0 bridgehead atoms. The van der Waals surface area contributed by atoms with Crippen molar-refractivity contribution in [1.82, 2.24) is 16.0 Å². The van der Waals surface area contributed by atoms with Gasteiger partial charge in [-0.05, 0) is 39.8 Å². The van der Waals surface area contributed by atoms with Crippen molar-refractivity contribution in [3.8, 4) is 5.75 Å². The summed E-state index contributed by atoms with van der Waals surface area (Å²) in [5, 5.41) is 8.95. The summed E-state index contributed by atoms with van der Waals surface area (Å²) in [6.07, 6.45) is -0.183. The second-order valence-corrected chi connectivity index (χ2v) is 6.42. The van der Waals surface area contributed by atoms with Crippen LogP contribution in [0.2, 0.25) is 0 Å². The monoisotopic (exact) mass is 352 g/mol. The molecule has 0 spiro atoms. The van der Waals surface area contributed by atoms with E-state index >= 15 is 0 Å². The van der Waals surface area contributed by atoms with E-state index < -0.39 is 5.41 Å². The molecule has 1 rings (SSSR count). The molecule has 0 aliphatic heterocycles. The van der Waals surface area contributed by atoms with E-state index in [1.807, 2.05) is 27.7 Å². The smallest absolute Gasteiger partial charge is 0.227 e. The van der Waals surface area contributed by atoms with Crippen molar-refractivity contribution >= 4 is 11.9 Å². The molecule has 1 aromatic carbocycles. The van der Waals surface area contributed by atoms with Gasteiger partial charge in [0.15, 0.2) is 5.96 Å². The fourth-order valence-corrected chi connectivity index (χ4v) is 2.08. The minimum atomic E-state index is -0.596. The third kappa shape index (κ3) is 7.41. The average molecular weight is 352 g/mol. The van der Waals surface area contributed by atoms with E-state index in [9.17, 15) is 9.18 Å². The molecule has 25 heavy (non-hydrogen) atoms. The van der Waals surface area contributed by atoms with Crippen molar-refractivity contribution < 1.29 is 13.9 Å². The largest absolute Gasteiger partial charge is 0.489 e. The molecule has 0 saturated carbocycles. The third-order valence-electron chi connectivity index (χ3n) is 3.51. The molecule has 6 nitrogen and oxygen atoms in total. The zero-order valence-electron chi connectivity index (χ0n) is 15.6.